The van der Waals surface area contributed by atoms with Crippen LogP contribution in [-0.2, 0) is 6.54 Å². The topological polar surface area (TPSA) is 17.8 Å². The Hall–Kier alpha value is -3.04. The van der Waals surface area contributed by atoms with E-state index in [4.69, 9.17) is 4.98 Å². The van der Waals surface area contributed by atoms with Gasteiger partial charge in [0.2, 0.25) is 0 Å². The minimum Gasteiger partial charge on any atom is -0.324 e. The molecule has 30 heavy (non-hydrogen) atoms. The summed E-state index contributed by atoms with van der Waals surface area (Å²) in [4.78, 5) is 6.38. The molecule has 3 aromatic carbocycles. The summed E-state index contributed by atoms with van der Waals surface area (Å²) < 4.78 is 2.31. The van der Waals surface area contributed by atoms with E-state index >= 15 is 0 Å². The third-order valence-electron chi connectivity index (χ3n) is 6.15. The fraction of sp³-hybridized carbons (Fsp3) is 0.148. The Morgan fingerprint density at radius 2 is 1.73 bits per heavy atom. The molecule has 0 spiro atoms. The van der Waals surface area contributed by atoms with Crippen molar-refractivity contribution in [1.29, 1.82) is 0 Å². The predicted molar refractivity (Wildman–Crippen MR) is 127 cm³/mol. The van der Waals surface area contributed by atoms with E-state index in [2.05, 4.69) is 103 Å². The van der Waals surface area contributed by atoms with Gasteiger partial charge in [0.15, 0.2) is 0 Å². The van der Waals surface area contributed by atoms with Crippen LogP contribution in [0.25, 0.3) is 33.5 Å². The summed E-state index contributed by atoms with van der Waals surface area (Å²) in [5, 5.41) is 0.513. The summed E-state index contributed by atoms with van der Waals surface area (Å²) in [5.41, 5.74) is 7.46. The molecule has 1 aliphatic carbocycles. The molecule has 0 N–H and O–H groups in total. The minimum absolute atomic E-state index is 0.488. The molecule has 2 atom stereocenters. The van der Waals surface area contributed by atoms with Crippen molar-refractivity contribution in [2.45, 2.75) is 29.5 Å². The highest BCUT2D eigenvalue weighted by molar-refractivity contribution is 8.00. The Balaban J connectivity index is 1.48. The first-order valence-corrected chi connectivity index (χ1v) is 11.4. The fourth-order valence-electron chi connectivity index (χ4n) is 4.73. The number of para-hydroxylation sites is 2. The molecule has 0 fully saturated rings. The second-order valence-electron chi connectivity index (χ2n) is 7.85. The van der Waals surface area contributed by atoms with Gasteiger partial charge in [-0.05, 0) is 41.8 Å². The summed E-state index contributed by atoms with van der Waals surface area (Å²) >= 11 is 2.00. The van der Waals surface area contributed by atoms with E-state index in [0.717, 1.165) is 17.9 Å². The summed E-state index contributed by atoms with van der Waals surface area (Å²) in [6, 6.07) is 24.0. The number of aryl methyl sites for hydroxylation is 1. The van der Waals surface area contributed by atoms with Crippen molar-refractivity contribution >= 4 is 22.8 Å². The van der Waals surface area contributed by atoms with Crippen molar-refractivity contribution in [2.24, 2.45) is 0 Å². The highest BCUT2D eigenvalue weighted by Gasteiger charge is 2.32. The lowest BCUT2D eigenvalue weighted by Crippen LogP contribution is -2.06. The number of benzene rings is 3. The molecule has 0 bridgehead atoms. The van der Waals surface area contributed by atoms with Gasteiger partial charge in [0.05, 0.1) is 11.0 Å². The van der Waals surface area contributed by atoms with E-state index in [1.165, 1.54) is 32.7 Å². The van der Waals surface area contributed by atoms with Gasteiger partial charge in [-0.3, -0.25) is 0 Å². The van der Waals surface area contributed by atoms with Gasteiger partial charge in [-0.25, -0.2) is 4.98 Å². The molecule has 0 saturated carbocycles. The van der Waals surface area contributed by atoms with Gasteiger partial charge < -0.3 is 4.57 Å². The van der Waals surface area contributed by atoms with Gasteiger partial charge in [0.25, 0.3) is 0 Å². The molecular formula is C27H22N2S. The predicted octanol–water partition coefficient (Wildman–Crippen LogP) is 7.07. The first-order chi connectivity index (χ1) is 14.8. The zero-order valence-electron chi connectivity index (χ0n) is 16.8. The molecule has 0 radical (unpaired) electrons. The monoisotopic (exact) mass is 406 g/mol. The SMILES string of the molecule is CCn1c(-c2cccc(-c3cccc4c3SC3C=CC=CC43)c2)nc2ccccc21. The lowest BCUT2D eigenvalue weighted by atomic mass is 9.90. The number of thioether (sulfide) groups is 1. The van der Waals surface area contributed by atoms with Crippen LogP contribution in [0.15, 0.2) is 95.9 Å². The maximum atomic E-state index is 4.96. The first kappa shape index (κ1) is 17.8. The first-order valence-electron chi connectivity index (χ1n) is 10.5. The van der Waals surface area contributed by atoms with Gasteiger partial charge >= 0.3 is 0 Å². The van der Waals surface area contributed by atoms with Gasteiger partial charge in [-0.2, -0.15) is 0 Å². The van der Waals surface area contributed by atoms with E-state index in [0.29, 0.717) is 11.2 Å². The molecule has 1 aliphatic heterocycles. The fourth-order valence-corrected chi connectivity index (χ4v) is 6.21. The van der Waals surface area contributed by atoms with Crippen LogP contribution in [0.3, 0.4) is 0 Å². The van der Waals surface area contributed by atoms with E-state index in [9.17, 15) is 0 Å². The third kappa shape index (κ3) is 2.69. The molecule has 2 aliphatic rings. The second-order valence-corrected chi connectivity index (χ2v) is 9.04. The average Bonchev–Trinajstić information content (AvgIpc) is 3.37. The molecule has 2 nitrogen and oxygen atoms in total. The molecule has 0 saturated heterocycles. The van der Waals surface area contributed by atoms with Crippen molar-refractivity contribution in [3.63, 3.8) is 0 Å². The Kier molecular flexibility index (Phi) is 4.17. The Labute approximate surface area is 181 Å². The van der Waals surface area contributed by atoms with Crippen LogP contribution in [0.1, 0.15) is 18.4 Å². The molecule has 1 aromatic heterocycles. The molecule has 2 unspecified atom stereocenters. The van der Waals surface area contributed by atoms with Gasteiger partial charge in [0, 0.05) is 28.2 Å². The van der Waals surface area contributed by atoms with Crippen molar-refractivity contribution in [1.82, 2.24) is 9.55 Å². The van der Waals surface area contributed by atoms with E-state index in [-0.39, 0.29) is 0 Å². The Morgan fingerprint density at radius 1 is 0.900 bits per heavy atom. The number of imidazole rings is 1. The quantitative estimate of drug-likeness (QED) is 0.362. The number of nitrogens with zero attached hydrogens (tertiary/aromatic N) is 2. The smallest absolute Gasteiger partial charge is 0.141 e. The van der Waals surface area contributed by atoms with E-state index in [1.54, 1.807) is 0 Å². The van der Waals surface area contributed by atoms with Crippen LogP contribution in [0, 0.1) is 0 Å². The second kappa shape index (κ2) is 7.03. The number of fused-ring (bicyclic) bond motifs is 4. The van der Waals surface area contributed by atoms with Gasteiger partial charge in [-0.15, -0.1) is 11.8 Å². The highest BCUT2D eigenvalue weighted by Crippen LogP contribution is 2.51. The van der Waals surface area contributed by atoms with Crippen LogP contribution in [0.2, 0.25) is 0 Å². The lowest BCUT2D eigenvalue weighted by Gasteiger charge is -2.14. The molecule has 6 rings (SSSR count). The van der Waals surface area contributed by atoms with Gasteiger partial charge in [0.1, 0.15) is 5.82 Å². The number of rotatable bonds is 3. The van der Waals surface area contributed by atoms with Gasteiger partial charge in [-0.1, -0.05) is 72.8 Å². The Morgan fingerprint density at radius 3 is 2.67 bits per heavy atom. The largest absolute Gasteiger partial charge is 0.324 e. The van der Waals surface area contributed by atoms with Crippen molar-refractivity contribution in [2.75, 3.05) is 0 Å². The summed E-state index contributed by atoms with van der Waals surface area (Å²) in [5.74, 6) is 1.53. The molecule has 2 heterocycles. The molecule has 0 amide bonds. The van der Waals surface area contributed by atoms with E-state index in [1.807, 2.05) is 11.8 Å². The zero-order valence-corrected chi connectivity index (χ0v) is 17.6. The maximum absolute atomic E-state index is 4.96. The normalized spacial score (nSPS) is 19.2. The summed E-state index contributed by atoms with van der Waals surface area (Å²) in [7, 11) is 0. The molecule has 3 heteroatoms. The molecule has 4 aromatic rings. The number of hydrogen-bond acceptors (Lipinski definition) is 2. The third-order valence-corrected chi connectivity index (χ3v) is 7.56. The highest BCUT2D eigenvalue weighted by atomic mass is 32.2. The van der Waals surface area contributed by atoms with E-state index < -0.39 is 0 Å². The number of hydrogen-bond donors (Lipinski definition) is 0. The summed E-state index contributed by atoms with van der Waals surface area (Å²) in [6.07, 6.45) is 9.03. The van der Waals surface area contributed by atoms with Crippen LogP contribution in [-0.4, -0.2) is 14.8 Å². The molecular weight excluding hydrogens is 384 g/mol. The number of aromatic nitrogens is 2. The standard InChI is InChI=1S/C27H22N2S/c1-2-29-24-15-5-4-14-23(24)28-27(29)19-10-7-9-18(17-19)20-12-8-13-22-21-11-3-6-16-25(21)30-26(20)22/h3-17,21,25H,2H2,1H3. The van der Waals surface area contributed by atoms with Crippen LogP contribution >= 0.6 is 11.8 Å². The molecule has 146 valence electrons. The van der Waals surface area contributed by atoms with Crippen molar-refractivity contribution < 1.29 is 0 Å². The summed E-state index contributed by atoms with van der Waals surface area (Å²) in [6.45, 7) is 3.09. The minimum atomic E-state index is 0.488. The van der Waals surface area contributed by atoms with Crippen LogP contribution in [0.4, 0.5) is 0 Å². The Bertz CT molecular complexity index is 1330. The van der Waals surface area contributed by atoms with Crippen molar-refractivity contribution in [3.05, 3.63) is 96.6 Å². The lowest BCUT2D eigenvalue weighted by molar-refractivity contribution is 0.796. The number of allylic oxidation sites excluding steroid dienone is 3. The van der Waals surface area contributed by atoms with Crippen LogP contribution < -0.4 is 0 Å². The average molecular weight is 407 g/mol. The van der Waals surface area contributed by atoms with Crippen molar-refractivity contribution in [3.8, 4) is 22.5 Å². The maximum Gasteiger partial charge on any atom is 0.141 e. The van der Waals surface area contributed by atoms with Crippen LogP contribution in [0.5, 0.6) is 0 Å². The zero-order chi connectivity index (χ0) is 20.1.